The van der Waals surface area contributed by atoms with Crippen molar-refractivity contribution in [2.75, 3.05) is 11.9 Å². The maximum Gasteiger partial charge on any atom is 0.233 e. The second kappa shape index (κ2) is 5.27. The summed E-state index contributed by atoms with van der Waals surface area (Å²) in [5.41, 5.74) is -0.709. The van der Waals surface area contributed by atoms with Gasteiger partial charge in [0.1, 0.15) is 11.4 Å². The zero-order chi connectivity index (χ0) is 17.0. The van der Waals surface area contributed by atoms with Crippen LogP contribution in [0, 0.1) is 11.8 Å². The van der Waals surface area contributed by atoms with Gasteiger partial charge < -0.3 is 19.4 Å². The summed E-state index contributed by atoms with van der Waals surface area (Å²) in [6.07, 6.45) is 6.69. The number of rotatable bonds is 4. The van der Waals surface area contributed by atoms with E-state index in [1.54, 1.807) is 28.8 Å². The van der Waals surface area contributed by atoms with E-state index in [-0.39, 0.29) is 17.9 Å². The highest BCUT2D eigenvalue weighted by Gasteiger charge is 2.66. The van der Waals surface area contributed by atoms with Crippen molar-refractivity contribution < 1.29 is 18.7 Å². The number of likely N-dealkylation sites (tertiary alicyclic amines) is 1. The summed E-state index contributed by atoms with van der Waals surface area (Å²) >= 11 is 1.35. The molecule has 128 valence electrons. The fourth-order valence-corrected chi connectivity index (χ4v) is 4.61. The van der Waals surface area contributed by atoms with Crippen LogP contribution in [0.5, 0.6) is 0 Å². The van der Waals surface area contributed by atoms with Gasteiger partial charge >= 0.3 is 0 Å². The summed E-state index contributed by atoms with van der Waals surface area (Å²) in [6, 6.07) is 3.63. The zero-order valence-corrected chi connectivity index (χ0v) is 13.9. The molecular formula is C17H15N3O4S. The summed E-state index contributed by atoms with van der Waals surface area (Å²) in [6.45, 7) is 0.817. The second-order valence-electron chi connectivity index (χ2n) is 6.50. The summed E-state index contributed by atoms with van der Waals surface area (Å²) in [5.74, 6) is -0.612. The van der Waals surface area contributed by atoms with Crippen molar-refractivity contribution in [2.24, 2.45) is 11.8 Å². The molecule has 2 saturated heterocycles. The molecule has 2 bridgehead atoms. The van der Waals surface area contributed by atoms with Gasteiger partial charge in [-0.3, -0.25) is 9.59 Å². The van der Waals surface area contributed by atoms with Crippen LogP contribution in [-0.2, 0) is 20.9 Å². The molecule has 0 radical (unpaired) electrons. The molecule has 7 nitrogen and oxygen atoms in total. The molecule has 5 heterocycles. The molecule has 2 aromatic heterocycles. The minimum absolute atomic E-state index is 0.0671. The summed E-state index contributed by atoms with van der Waals surface area (Å²) in [7, 11) is 0. The lowest BCUT2D eigenvalue weighted by Gasteiger charge is -2.23. The summed E-state index contributed by atoms with van der Waals surface area (Å²) < 4.78 is 11.4. The van der Waals surface area contributed by atoms with Crippen LogP contribution < -0.4 is 5.32 Å². The average Bonchev–Trinajstić information content (AvgIpc) is 3.37. The van der Waals surface area contributed by atoms with Crippen molar-refractivity contribution >= 4 is 28.3 Å². The quantitative estimate of drug-likeness (QED) is 0.841. The first-order valence-electron chi connectivity index (χ1n) is 8.05. The third kappa shape index (κ3) is 2.17. The van der Waals surface area contributed by atoms with Gasteiger partial charge in [-0.05, 0) is 12.1 Å². The highest BCUT2D eigenvalue weighted by atomic mass is 32.1. The maximum atomic E-state index is 13.0. The first kappa shape index (κ1) is 14.9. The minimum Gasteiger partial charge on any atom is -0.467 e. The Bertz CT molecular complexity index is 847. The average molecular weight is 357 g/mol. The van der Waals surface area contributed by atoms with Crippen LogP contribution in [0.3, 0.4) is 0 Å². The van der Waals surface area contributed by atoms with E-state index in [1.165, 1.54) is 11.3 Å². The first-order valence-corrected chi connectivity index (χ1v) is 8.93. The number of fused-ring (bicyclic) bond motifs is 1. The van der Waals surface area contributed by atoms with Crippen molar-refractivity contribution in [3.05, 3.63) is 47.9 Å². The van der Waals surface area contributed by atoms with E-state index in [4.69, 9.17) is 9.15 Å². The molecule has 0 unspecified atom stereocenters. The lowest BCUT2D eigenvalue weighted by Crippen LogP contribution is -2.41. The van der Waals surface area contributed by atoms with Gasteiger partial charge in [0.05, 0.1) is 37.3 Å². The number of hydrogen-bond acceptors (Lipinski definition) is 6. The molecule has 4 atom stereocenters. The molecule has 3 aliphatic rings. The SMILES string of the molecule is O=C(Nc1nccs1)[C@H]1[C@@H]2C=C[C@@]3(CN(Cc4ccco4)C(=O)[C@@H]13)O2. The number of anilines is 1. The van der Waals surface area contributed by atoms with Crippen molar-refractivity contribution in [2.45, 2.75) is 18.2 Å². The molecule has 0 aliphatic carbocycles. The Morgan fingerprint density at radius 3 is 3.20 bits per heavy atom. The van der Waals surface area contributed by atoms with E-state index in [1.807, 2.05) is 18.2 Å². The summed E-state index contributed by atoms with van der Waals surface area (Å²) in [5, 5.41) is 5.13. The van der Waals surface area contributed by atoms with Crippen molar-refractivity contribution in [3.63, 3.8) is 0 Å². The Labute approximate surface area is 147 Å². The number of amides is 2. The van der Waals surface area contributed by atoms with Crippen LogP contribution in [-0.4, -0.2) is 39.9 Å². The van der Waals surface area contributed by atoms with E-state index in [2.05, 4.69) is 10.3 Å². The second-order valence-corrected chi connectivity index (χ2v) is 7.39. The van der Waals surface area contributed by atoms with E-state index >= 15 is 0 Å². The van der Waals surface area contributed by atoms with Crippen molar-refractivity contribution in [1.29, 1.82) is 0 Å². The Morgan fingerprint density at radius 1 is 1.52 bits per heavy atom. The lowest BCUT2D eigenvalue weighted by molar-refractivity contribution is -0.136. The Hall–Kier alpha value is -2.45. The molecule has 1 N–H and O–H groups in total. The molecule has 0 saturated carbocycles. The van der Waals surface area contributed by atoms with E-state index in [9.17, 15) is 9.59 Å². The topological polar surface area (TPSA) is 84.7 Å². The summed E-state index contributed by atoms with van der Waals surface area (Å²) in [4.78, 5) is 31.5. The third-order valence-electron chi connectivity index (χ3n) is 5.07. The van der Waals surface area contributed by atoms with Gasteiger partial charge in [-0.2, -0.15) is 0 Å². The number of furan rings is 1. The van der Waals surface area contributed by atoms with Gasteiger partial charge in [-0.15, -0.1) is 11.3 Å². The smallest absolute Gasteiger partial charge is 0.233 e. The number of nitrogens with zero attached hydrogens (tertiary/aromatic N) is 2. The molecule has 25 heavy (non-hydrogen) atoms. The minimum atomic E-state index is -0.709. The Kier molecular flexibility index (Phi) is 3.13. The molecule has 8 heteroatoms. The number of nitrogens with one attached hydrogen (secondary N) is 1. The van der Waals surface area contributed by atoms with Gasteiger partial charge in [0.25, 0.3) is 0 Å². The zero-order valence-electron chi connectivity index (χ0n) is 13.1. The predicted molar refractivity (Wildman–Crippen MR) is 88.6 cm³/mol. The van der Waals surface area contributed by atoms with Crippen LogP contribution in [0.4, 0.5) is 5.13 Å². The Balaban J connectivity index is 1.41. The van der Waals surface area contributed by atoms with Gasteiger partial charge in [-0.1, -0.05) is 12.2 Å². The monoisotopic (exact) mass is 357 g/mol. The van der Waals surface area contributed by atoms with Crippen LogP contribution in [0.25, 0.3) is 0 Å². The number of hydrogen-bond donors (Lipinski definition) is 1. The van der Waals surface area contributed by atoms with Crippen LogP contribution in [0.1, 0.15) is 5.76 Å². The van der Waals surface area contributed by atoms with Gasteiger partial charge in [0.15, 0.2) is 5.13 Å². The fraction of sp³-hybridized carbons (Fsp3) is 0.353. The van der Waals surface area contributed by atoms with E-state index in [0.29, 0.717) is 24.0 Å². The number of carbonyl (C=O) groups excluding carboxylic acids is 2. The largest absolute Gasteiger partial charge is 0.467 e. The molecule has 1 spiro atoms. The number of thiazole rings is 1. The van der Waals surface area contributed by atoms with E-state index < -0.39 is 17.4 Å². The molecule has 3 aliphatic heterocycles. The van der Waals surface area contributed by atoms with Crippen LogP contribution in [0.2, 0.25) is 0 Å². The van der Waals surface area contributed by atoms with Crippen LogP contribution in [0.15, 0.2) is 46.5 Å². The van der Waals surface area contributed by atoms with Gasteiger partial charge in [-0.25, -0.2) is 4.98 Å². The van der Waals surface area contributed by atoms with Crippen molar-refractivity contribution in [3.8, 4) is 0 Å². The first-order chi connectivity index (χ1) is 12.2. The molecule has 2 fully saturated rings. The highest BCUT2D eigenvalue weighted by Crippen LogP contribution is 2.52. The molecule has 5 rings (SSSR count). The predicted octanol–water partition coefficient (Wildman–Crippen LogP) is 1.66. The van der Waals surface area contributed by atoms with Crippen molar-refractivity contribution in [1.82, 2.24) is 9.88 Å². The fourth-order valence-electron chi connectivity index (χ4n) is 4.08. The normalized spacial score (nSPS) is 32.4. The lowest BCUT2D eigenvalue weighted by atomic mass is 9.77. The highest BCUT2D eigenvalue weighted by molar-refractivity contribution is 7.13. The third-order valence-corrected chi connectivity index (χ3v) is 5.76. The number of ether oxygens (including phenoxy) is 1. The Morgan fingerprint density at radius 2 is 2.44 bits per heavy atom. The number of aromatic nitrogens is 1. The molecule has 2 amide bonds. The molecule has 2 aromatic rings. The van der Waals surface area contributed by atoms with Gasteiger partial charge in [0.2, 0.25) is 11.8 Å². The number of carbonyl (C=O) groups is 2. The van der Waals surface area contributed by atoms with Crippen LogP contribution >= 0.6 is 11.3 Å². The standard InChI is InChI=1S/C17H15N3O4S/c21-14(19-16-18-5-7-25-16)12-11-3-4-17(24-11)9-20(15(22)13(12)17)8-10-2-1-6-23-10/h1-7,11-13H,8-9H2,(H,18,19,21)/t11-,12-,13+,17-/m0/s1. The molecule has 0 aromatic carbocycles. The molecular weight excluding hydrogens is 342 g/mol. The van der Waals surface area contributed by atoms with E-state index in [0.717, 1.165) is 0 Å². The maximum absolute atomic E-state index is 13.0. The van der Waals surface area contributed by atoms with Gasteiger partial charge in [0, 0.05) is 11.6 Å².